The summed E-state index contributed by atoms with van der Waals surface area (Å²) in [4.78, 5) is 26.1. The Kier molecular flexibility index (Phi) is 6.22. The van der Waals surface area contributed by atoms with Crippen LogP contribution in [-0.2, 0) is 9.53 Å². The molecule has 9 heteroatoms. The van der Waals surface area contributed by atoms with Gasteiger partial charge in [0.1, 0.15) is 11.2 Å². The first-order valence-electron chi connectivity index (χ1n) is 10.9. The first kappa shape index (κ1) is 22.3. The summed E-state index contributed by atoms with van der Waals surface area (Å²) in [7, 11) is 0. The zero-order valence-electron chi connectivity index (χ0n) is 18.0. The number of hydrogen-bond acceptors (Lipinski definition) is 7. The van der Waals surface area contributed by atoms with Crippen LogP contribution in [0, 0.1) is 22.7 Å². The molecule has 1 aliphatic carbocycles. The van der Waals surface area contributed by atoms with Crippen molar-refractivity contribution < 1.29 is 9.53 Å². The Morgan fingerprint density at radius 2 is 1.91 bits per heavy atom. The summed E-state index contributed by atoms with van der Waals surface area (Å²) in [5.74, 6) is 1.03. The fourth-order valence-electron chi connectivity index (χ4n) is 4.74. The second-order valence-electron chi connectivity index (χ2n) is 8.60. The van der Waals surface area contributed by atoms with E-state index in [4.69, 9.17) is 4.74 Å². The van der Waals surface area contributed by atoms with E-state index in [0.29, 0.717) is 18.2 Å². The van der Waals surface area contributed by atoms with Gasteiger partial charge in [-0.15, -0.1) is 12.4 Å². The van der Waals surface area contributed by atoms with E-state index >= 15 is 0 Å². The molecule has 0 bridgehead atoms. The van der Waals surface area contributed by atoms with E-state index in [1.807, 2.05) is 19.1 Å². The molecule has 3 heterocycles. The van der Waals surface area contributed by atoms with Gasteiger partial charge in [0, 0.05) is 36.7 Å². The Morgan fingerprint density at radius 3 is 2.56 bits per heavy atom. The van der Waals surface area contributed by atoms with Crippen LogP contribution in [0.5, 0.6) is 0 Å². The molecule has 1 aromatic carbocycles. The normalized spacial score (nSPS) is 25.2. The summed E-state index contributed by atoms with van der Waals surface area (Å²) >= 11 is 0. The van der Waals surface area contributed by atoms with Gasteiger partial charge in [0.25, 0.3) is 0 Å². The van der Waals surface area contributed by atoms with Crippen molar-refractivity contribution >= 4 is 41.5 Å². The van der Waals surface area contributed by atoms with Gasteiger partial charge >= 0.3 is 0 Å². The minimum atomic E-state index is -0.896. The maximum Gasteiger partial charge on any atom is 0.249 e. The fourth-order valence-corrected chi connectivity index (χ4v) is 4.74. The van der Waals surface area contributed by atoms with Gasteiger partial charge in [-0.1, -0.05) is 0 Å². The third kappa shape index (κ3) is 3.98. The molecule has 0 radical (unpaired) electrons. The van der Waals surface area contributed by atoms with E-state index in [-0.39, 0.29) is 30.3 Å². The van der Waals surface area contributed by atoms with Crippen molar-refractivity contribution in [2.24, 2.45) is 11.3 Å². The van der Waals surface area contributed by atoms with Gasteiger partial charge in [0.2, 0.25) is 11.9 Å². The first-order valence-corrected chi connectivity index (χ1v) is 10.9. The molecule has 1 amide bonds. The van der Waals surface area contributed by atoms with Crippen LogP contribution in [-0.4, -0.2) is 48.2 Å². The molecule has 0 unspecified atom stereocenters. The topological polar surface area (TPSA) is 94.4 Å². The second-order valence-corrected chi connectivity index (χ2v) is 8.60. The summed E-state index contributed by atoms with van der Waals surface area (Å²) < 4.78 is 5.41. The molecular formula is C23H27ClN6O2. The van der Waals surface area contributed by atoms with Gasteiger partial charge in [0.15, 0.2) is 0 Å². The Hall–Kier alpha value is -2.89. The monoisotopic (exact) mass is 454 g/mol. The number of halogens is 1. The summed E-state index contributed by atoms with van der Waals surface area (Å²) in [5, 5.41) is 13.0. The van der Waals surface area contributed by atoms with Crippen LogP contribution in [0.15, 0.2) is 36.5 Å². The van der Waals surface area contributed by atoms with E-state index in [0.717, 1.165) is 50.5 Å². The highest BCUT2D eigenvalue weighted by atomic mass is 35.5. The highest BCUT2D eigenvalue weighted by Gasteiger charge is 2.59. The van der Waals surface area contributed by atoms with Crippen molar-refractivity contribution in [2.45, 2.75) is 32.2 Å². The van der Waals surface area contributed by atoms with Crippen molar-refractivity contribution in [3.63, 3.8) is 0 Å². The quantitative estimate of drug-likeness (QED) is 0.738. The predicted molar refractivity (Wildman–Crippen MR) is 124 cm³/mol. The number of ether oxygens (including phenoxy) is 1. The van der Waals surface area contributed by atoms with Crippen LogP contribution in [0.1, 0.15) is 26.2 Å². The van der Waals surface area contributed by atoms with Gasteiger partial charge in [-0.25, -0.2) is 4.98 Å². The van der Waals surface area contributed by atoms with Crippen LogP contribution in [0.25, 0.3) is 0 Å². The summed E-state index contributed by atoms with van der Waals surface area (Å²) in [6.45, 7) is 5.28. The van der Waals surface area contributed by atoms with Crippen LogP contribution in [0.4, 0.5) is 23.1 Å². The maximum absolute atomic E-state index is 13.2. The number of anilines is 4. The van der Waals surface area contributed by atoms with Gasteiger partial charge in [-0.2, -0.15) is 10.2 Å². The van der Waals surface area contributed by atoms with Crippen molar-refractivity contribution in [1.29, 1.82) is 5.26 Å². The summed E-state index contributed by atoms with van der Waals surface area (Å²) in [6, 6.07) is 12.2. The van der Waals surface area contributed by atoms with E-state index in [1.165, 1.54) is 0 Å². The molecular weight excluding hydrogens is 428 g/mol. The molecule has 0 spiro atoms. The molecule has 5 rings (SSSR count). The molecule has 1 saturated carbocycles. The number of carbonyl (C=O) groups is 1. The average molecular weight is 455 g/mol. The number of hydrogen-bond donors (Lipinski definition) is 1. The molecule has 3 aliphatic rings. The second kappa shape index (κ2) is 8.93. The number of amides is 1. The highest BCUT2D eigenvalue weighted by molar-refractivity contribution is 6.02. The number of morpholine rings is 1. The Morgan fingerprint density at radius 1 is 1.19 bits per heavy atom. The van der Waals surface area contributed by atoms with E-state index in [9.17, 15) is 10.1 Å². The molecule has 1 N–H and O–H groups in total. The minimum Gasteiger partial charge on any atom is -0.378 e. The lowest BCUT2D eigenvalue weighted by molar-refractivity contribution is -0.123. The van der Waals surface area contributed by atoms with E-state index in [2.05, 4.69) is 38.4 Å². The van der Waals surface area contributed by atoms with Gasteiger partial charge in [-0.05, 0) is 62.4 Å². The molecule has 32 heavy (non-hydrogen) atoms. The number of rotatable bonds is 5. The first-order chi connectivity index (χ1) is 15.1. The molecule has 2 aromatic rings. The fraction of sp³-hybridized carbons (Fsp3) is 0.478. The SMILES string of the molecule is C[C@H]1C[C@@](C#N)(C2CC2)C(=O)N1c1ccnc(Nc2ccc(N3CCOCC3)cc2)n1.Cl. The molecule has 2 saturated heterocycles. The van der Waals surface area contributed by atoms with Crippen LogP contribution >= 0.6 is 12.4 Å². The summed E-state index contributed by atoms with van der Waals surface area (Å²) in [6.07, 6.45) is 4.12. The van der Waals surface area contributed by atoms with Gasteiger partial charge in [0.05, 0.1) is 19.3 Å². The maximum atomic E-state index is 13.2. The minimum absolute atomic E-state index is 0. The summed E-state index contributed by atoms with van der Waals surface area (Å²) in [5.41, 5.74) is 1.14. The van der Waals surface area contributed by atoms with E-state index in [1.54, 1.807) is 17.2 Å². The molecule has 1 aromatic heterocycles. The van der Waals surface area contributed by atoms with Crippen molar-refractivity contribution in [2.75, 3.05) is 41.4 Å². The molecule has 3 fully saturated rings. The zero-order chi connectivity index (χ0) is 21.4. The zero-order valence-corrected chi connectivity index (χ0v) is 18.8. The largest absolute Gasteiger partial charge is 0.378 e. The lowest BCUT2D eigenvalue weighted by atomic mass is 9.81. The van der Waals surface area contributed by atoms with Crippen molar-refractivity contribution in [3.05, 3.63) is 36.5 Å². The van der Waals surface area contributed by atoms with Crippen LogP contribution in [0.3, 0.4) is 0 Å². The van der Waals surface area contributed by atoms with Crippen LogP contribution < -0.4 is 15.1 Å². The number of aromatic nitrogens is 2. The molecule has 8 nitrogen and oxygen atoms in total. The number of nitrogens with one attached hydrogen (secondary N) is 1. The Bertz CT molecular complexity index is 1020. The van der Waals surface area contributed by atoms with Crippen molar-refractivity contribution in [3.8, 4) is 6.07 Å². The molecule has 168 valence electrons. The number of nitriles is 1. The lowest BCUT2D eigenvalue weighted by Gasteiger charge is -2.28. The van der Waals surface area contributed by atoms with Crippen LogP contribution in [0.2, 0.25) is 0 Å². The van der Waals surface area contributed by atoms with Crippen molar-refractivity contribution in [1.82, 2.24) is 9.97 Å². The number of benzene rings is 1. The molecule has 2 aliphatic heterocycles. The Balaban J connectivity index is 0.00000245. The standard InChI is InChI=1S/C23H26N6O2.ClH/c1-16-14-23(15-24,17-2-3-17)21(30)29(16)20-8-9-25-22(27-20)26-18-4-6-19(7-5-18)28-10-12-31-13-11-28;/h4-9,16-17H,2-3,10-14H2,1H3,(H,25,26,27);1H/t16-,23+;/m0./s1. The Labute approximate surface area is 194 Å². The third-order valence-electron chi connectivity index (χ3n) is 6.52. The average Bonchev–Trinajstić information content (AvgIpc) is 3.61. The van der Waals surface area contributed by atoms with E-state index < -0.39 is 5.41 Å². The predicted octanol–water partition coefficient (Wildman–Crippen LogP) is 3.52. The smallest absolute Gasteiger partial charge is 0.249 e. The number of nitrogens with zero attached hydrogens (tertiary/aromatic N) is 5. The number of carbonyl (C=O) groups excluding carboxylic acids is 1. The van der Waals surface area contributed by atoms with Gasteiger partial charge in [-0.3, -0.25) is 9.69 Å². The highest BCUT2D eigenvalue weighted by Crippen LogP contribution is 2.53. The van der Waals surface area contributed by atoms with Gasteiger partial charge < -0.3 is 15.0 Å². The third-order valence-corrected chi connectivity index (χ3v) is 6.52. The molecule has 2 atom stereocenters. The lowest BCUT2D eigenvalue weighted by Crippen LogP contribution is -2.37.